The Morgan fingerprint density at radius 2 is 1.90 bits per heavy atom. The lowest BCUT2D eigenvalue weighted by Crippen LogP contribution is -2.33. The third kappa shape index (κ3) is 4.12. The number of hydrogen-bond acceptors (Lipinski definition) is 6. The Labute approximate surface area is 168 Å². The van der Waals surface area contributed by atoms with Gasteiger partial charge in [0.05, 0.1) is 0 Å². The number of rotatable bonds is 6. The average Bonchev–Trinajstić information content (AvgIpc) is 3.14. The lowest BCUT2D eigenvalue weighted by Gasteiger charge is -2.22. The maximum Gasteiger partial charge on any atom is 0.239 e. The number of anilines is 2. The van der Waals surface area contributed by atoms with Gasteiger partial charge in [0.2, 0.25) is 11.8 Å². The number of nitrogens with two attached hydrogens (primary N) is 1. The molecule has 29 heavy (non-hydrogen) atoms. The van der Waals surface area contributed by atoms with Gasteiger partial charge in [-0.1, -0.05) is 0 Å². The highest BCUT2D eigenvalue weighted by Gasteiger charge is 2.38. The highest BCUT2D eigenvalue weighted by atomic mass is 16.6. The quantitative estimate of drug-likeness (QED) is 0.721. The number of benzene rings is 2. The molecular weight excluding hydrogens is 374 g/mol. The number of ether oxygens (including phenoxy) is 3. The van der Waals surface area contributed by atoms with Crippen LogP contribution in [0.25, 0.3) is 0 Å². The van der Waals surface area contributed by atoms with Crippen LogP contribution in [0.15, 0.2) is 42.5 Å². The van der Waals surface area contributed by atoms with Gasteiger partial charge in [-0.2, -0.15) is 0 Å². The summed E-state index contributed by atoms with van der Waals surface area (Å²) in [6, 6.07) is 12.4. The van der Waals surface area contributed by atoms with Crippen molar-refractivity contribution in [3.8, 4) is 17.2 Å². The molecule has 0 bridgehead atoms. The molecule has 2 heterocycles. The summed E-state index contributed by atoms with van der Waals surface area (Å²) in [5.74, 6) is 0.700. The first-order valence-corrected chi connectivity index (χ1v) is 9.60. The Bertz CT molecular complexity index is 900. The van der Waals surface area contributed by atoms with E-state index in [2.05, 4.69) is 5.32 Å². The molecule has 8 heteroatoms. The van der Waals surface area contributed by atoms with Gasteiger partial charge in [-0.25, -0.2) is 0 Å². The second kappa shape index (κ2) is 8.40. The van der Waals surface area contributed by atoms with Crippen LogP contribution in [0.1, 0.15) is 6.42 Å². The number of nitrogens with zero attached hydrogens (tertiary/aromatic N) is 1. The van der Waals surface area contributed by atoms with Gasteiger partial charge in [0.25, 0.3) is 0 Å². The third-order valence-electron chi connectivity index (χ3n) is 4.87. The smallest absolute Gasteiger partial charge is 0.239 e. The number of hydrogen-bond donors (Lipinski definition) is 2. The number of carbonyl (C=O) groups excluding carboxylic acids is 2. The molecule has 1 saturated heterocycles. The molecule has 8 nitrogen and oxygen atoms in total. The zero-order chi connectivity index (χ0) is 20.2. The van der Waals surface area contributed by atoms with Crippen LogP contribution < -0.4 is 30.2 Å². The maximum atomic E-state index is 12.8. The predicted octanol–water partition coefficient (Wildman–Crippen LogP) is 1.79. The fourth-order valence-corrected chi connectivity index (χ4v) is 3.42. The Morgan fingerprint density at radius 1 is 1.14 bits per heavy atom. The molecule has 2 aromatic rings. The second-order valence-electron chi connectivity index (χ2n) is 6.81. The van der Waals surface area contributed by atoms with Crippen molar-refractivity contribution in [3.05, 3.63) is 42.5 Å². The van der Waals surface area contributed by atoms with Crippen molar-refractivity contribution in [1.29, 1.82) is 0 Å². The first-order valence-electron chi connectivity index (χ1n) is 9.60. The minimum Gasteiger partial charge on any atom is -0.492 e. The fraction of sp³-hybridized carbons (Fsp3) is 0.333. The summed E-state index contributed by atoms with van der Waals surface area (Å²) >= 11 is 0. The summed E-state index contributed by atoms with van der Waals surface area (Å²) in [4.78, 5) is 27.1. The lowest BCUT2D eigenvalue weighted by molar-refractivity contribution is -0.129. The first-order chi connectivity index (χ1) is 14.2. The van der Waals surface area contributed by atoms with Gasteiger partial charge in [-0.15, -0.1) is 0 Å². The van der Waals surface area contributed by atoms with E-state index in [1.165, 1.54) is 0 Å². The molecule has 2 aliphatic heterocycles. The highest BCUT2D eigenvalue weighted by molar-refractivity contribution is 6.13. The number of fused-ring (bicyclic) bond motifs is 1. The van der Waals surface area contributed by atoms with Gasteiger partial charge in [0, 0.05) is 30.5 Å². The van der Waals surface area contributed by atoms with E-state index in [0.717, 1.165) is 0 Å². The summed E-state index contributed by atoms with van der Waals surface area (Å²) in [5.41, 5.74) is 6.73. The highest BCUT2D eigenvalue weighted by Crippen LogP contribution is 2.36. The van der Waals surface area contributed by atoms with E-state index in [9.17, 15) is 9.59 Å². The van der Waals surface area contributed by atoms with Gasteiger partial charge < -0.3 is 30.2 Å². The molecule has 1 unspecified atom stereocenters. The van der Waals surface area contributed by atoms with Crippen LogP contribution in [-0.4, -0.2) is 44.7 Å². The van der Waals surface area contributed by atoms with Gasteiger partial charge in [0.1, 0.15) is 31.5 Å². The monoisotopic (exact) mass is 397 g/mol. The molecule has 0 aromatic heterocycles. The largest absolute Gasteiger partial charge is 0.492 e. The summed E-state index contributed by atoms with van der Waals surface area (Å²) in [6.07, 6.45) is 0.455. The zero-order valence-electron chi connectivity index (χ0n) is 15.9. The molecule has 152 valence electrons. The molecule has 0 aliphatic carbocycles. The van der Waals surface area contributed by atoms with E-state index in [4.69, 9.17) is 19.9 Å². The van der Waals surface area contributed by atoms with Crippen molar-refractivity contribution < 1.29 is 23.8 Å². The molecule has 1 fully saturated rings. The van der Waals surface area contributed by atoms with Crippen LogP contribution in [0.3, 0.4) is 0 Å². The molecule has 2 amide bonds. The van der Waals surface area contributed by atoms with Crippen LogP contribution in [0.5, 0.6) is 17.2 Å². The molecule has 3 N–H and O–H groups in total. The molecule has 2 aliphatic rings. The van der Waals surface area contributed by atoms with Crippen molar-refractivity contribution in [2.45, 2.75) is 6.42 Å². The molecule has 4 rings (SSSR count). The van der Waals surface area contributed by atoms with Gasteiger partial charge in [-0.05, 0) is 42.8 Å². The fourth-order valence-electron chi connectivity index (χ4n) is 3.42. The van der Waals surface area contributed by atoms with E-state index < -0.39 is 5.92 Å². The second-order valence-corrected chi connectivity index (χ2v) is 6.81. The van der Waals surface area contributed by atoms with E-state index in [-0.39, 0.29) is 11.8 Å². The number of nitrogens with one attached hydrogen (secondary N) is 1. The van der Waals surface area contributed by atoms with Crippen LogP contribution in [-0.2, 0) is 9.59 Å². The van der Waals surface area contributed by atoms with Crippen LogP contribution in [0.4, 0.5) is 11.4 Å². The van der Waals surface area contributed by atoms with Crippen molar-refractivity contribution in [2.75, 3.05) is 43.1 Å². The van der Waals surface area contributed by atoms with Crippen molar-refractivity contribution in [2.24, 2.45) is 11.7 Å². The number of amides is 2. The van der Waals surface area contributed by atoms with Crippen LogP contribution in [0, 0.1) is 5.92 Å². The Kier molecular flexibility index (Phi) is 5.53. The summed E-state index contributed by atoms with van der Waals surface area (Å²) in [7, 11) is 0. The summed E-state index contributed by atoms with van der Waals surface area (Å²) < 4.78 is 16.5. The van der Waals surface area contributed by atoms with Gasteiger partial charge in [-0.3, -0.25) is 9.59 Å². The van der Waals surface area contributed by atoms with E-state index in [1.54, 1.807) is 41.3 Å². The Morgan fingerprint density at radius 3 is 2.66 bits per heavy atom. The average molecular weight is 397 g/mol. The summed E-state index contributed by atoms with van der Waals surface area (Å²) in [6.45, 7) is 2.32. The van der Waals surface area contributed by atoms with E-state index >= 15 is 0 Å². The minimum atomic E-state index is -0.726. The predicted molar refractivity (Wildman–Crippen MR) is 108 cm³/mol. The molecule has 0 radical (unpaired) electrons. The Hall–Kier alpha value is -3.26. The van der Waals surface area contributed by atoms with E-state index in [0.29, 0.717) is 68.0 Å². The molecule has 0 saturated carbocycles. The lowest BCUT2D eigenvalue weighted by atomic mass is 10.1. The number of carbonyl (C=O) groups is 2. The van der Waals surface area contributed by atoms with Crippen molar-refractivity contribution in [1.82, 2.24) is 0 Å². The Balaban J connectivity index is 1.40. The molecule has 1 atom stereocenters. The minimum absolute atomic E-state index is 0.220. The van der Waals surface area contributed by atoms with Crippen molar-refractivity contribution >= 4 is 23.2 Å². The third-order valence-corrected chi connectivity index (χ3v) is 4.87. The zero-order valence-corrected chi connectivity index (χ0v) is 15.9. The van der Waals surface area contributed by atoms with E-state index in [1.807, 2.05) is 6.07 Å². The van der Waals surface area contributed by atoms with Gasteiger partial charge in [0.15, 0.2) is 11.5 Å². The molecular formula is C21H23N3O5. The molecule has 2 aromatic carbocycles. The first kappa shape index (κ1) is 19.1. The molecule has 0 spiro atoms. The normalized spacial score (nSPS) is 17.9. The summed E-state index contributed by atoms with van der Waals surface area (Å²) in [5, 5.41) is 2.81. The van der Waals surface area contributed by atoms with Gasteiger partial charge >= 0.3 is 0 Å². The standard InChI is InChI=1S/C21H23N3O5/c22-8-10-27-16-4-1-14(2-5-16)23-20(25)17-7-9-24(21(17)26)15-3-6-18-19(13-15)29-12-11-28-18/h1-6,13,17H,7-12,22H2,(H,23,25). The van der Waals surface area contributed by atoms with Crippen molar-refractivity contribution in [3.63, 3.8) is 0 Å². The topological polar surface area (TPSA) is 103 Å². The SMILES string of the molecule is NCCOc1ccc(NC(=O)C2CCN(c3ccc4c(c3)OCCO4)C2=O)cc1. The van der Waals surface area contributed by atoms with Crippen LogP contribution in [0.2, 0.25) is 0 Å². The maximum absolute atomic E-state index is 12.8. The van der Waals surface area contributed by atoms with Crippen LogP contribution >= 0.6 is 0 Å².